The Balaban J connectivity index is 3.02. The molecule has 1 amide bonds. The minimum atomic E-state index is -1.25. The Morgan fingerprint density at radius 3 is 2.63 bits per heavy atom. The first-order valence-electron chi connectivity index (χ1n) is 5.67. The highest BCUT2D eigenvalue weighted by molar-refractivity contribution is 5.95. The van der Waals surface area contributed by atoms with E-state index in [2.05, 4.69) is 5.32 Å². The summed E-state index contributed by atoms with van der Waals surface area (Å²) in [6.45, 7) is 2.16. The fourth-order valence-electron chi connectivity index (χ4n) is 1.61. The summed E-state index contributed by atoms with van der Waals surface area (Å²) in [5, 5.41) is 11.5. The maximum atomic E-state index is 13.7. The molecule has 0 fully saturated rings. The molecule has 0 aliphatic heterocycles. The number of halogens is 1. The minimum Gasteiger partial charge on any atom is -0.478 e. The molecule has 0 atom stereocenters. The van der Waals surface area contributed by atoms with Crippen LogP contribution in [0.3, 0.4) is 0 Å². The van der Waals surface area contributed by atoms with Crippen molar-refractivity contribution in [2.45, 2.75) is 6.92 Å². The molecule has 0 spiro atoms. The molecule has 19 heavy (non-hydrogen) atoms. The lowest BCUT2D eigenvalue weighted by Gasteiger charge is -2.20. The largest absolute Gasteiger partial charge is 0.478 e. The molecule has 0 saturated heterocycles. The van der Waals surface area contributed by atoms with Crippen molar-refractivity contribution in [3.8, 4) is 0 Å². The fraction of sp³-hybridized carbons (Fsp3) is 0.333. The van der Waals surface area contributed by atoms with Crippen molar-refractivity contribution in [2.75, 3.05) is 30.8 Å². The molecular formula is C12H16FN3O3. The first kappa shape index (κ1) is 14.7. The molecule has 1 aromatic carbocycles. The normalized spacial score (nSPS) is 10.1. The van der Waals surface area contributed by atoms with Gasteiger partial charge in [0.2, 0.25) is 5.91 Å². The van der Waals surface area contributed by atoms with E-state index in [9.17, 15) is 14.0 Å². The summed E-state index contributed by atoms with van der Waals surface area (Å²) in [6.07, 6.45) is 0. The van der Waals surface area contributed by atoms with Crippen molar-refractivity contribution in [3.05, 3.63) is 23.5 Å². The molecule has 0 aromatic heterocycles. The van der Waals surface area contributed by atoms with E-state index in [1.54, 1.807) is 6.92 Å². The van der Waals surface area contributed by atoms with Crippen LogP contribution in [0.4, 0.5) is 15.8 Å². The Bertz CT molecular complexity index is 505. The molecule has 0 bridgehead atoms. The van der Waals surface area contributed by atoms with Gasteiger partial charge >= 0.3 is 5.97 Å². The SMILES string of the molecule is CCNC(=O)CN(C)c1cc(C(=O)O)c(N)cc1F. The highest BCUT2D eigenvalue weighted by atomic mass is 19.1. The van der Waals surface area contributed by atoms with Gasteiger partial charge in [-0.05, 0) is 19.1 Å². The molecule has 4 N–H and O–H groups in total. The molecule has 0 heterocycles. The predicted octanol–water partition coefficient (Wildman–Crippen LogP) is 0.678. The Morgan fingerprint density at radius 2 is 2.11 bits per heavy atom. The average molecular weight is 269 g/mol. The lowest BCUT2D eigenvalue weighted by atomic mass is 10.1. The molecule has 0 saturated carbocycles. The quantitative estimate of drug-likeness (QED) is 0.683. The average Bonchev–Trinajstić information content (AvgIpc) is 2.28. The molecule has 1 aromatic rings. The maximum absolute atomic E-state index is 13.7. The number of benzene rings is 1. The van der Waals surface area contributed by atoms with Gasteiger partial charge in [0.1, 0.15) is 5.82 Å². The van der Waals surface area contributed by atoms with Crippen molar-refractivity contribution < 1.29 is 19.1 Å². The molecular weight excluding hydrogens is 253 g/mol. The predicted molar refractivity (Wildman–Crippen MR) is 69.7 cm³/mol. The molecule has 0 aliphatic carbocycles. The van der Waals surface area contributed by atoms with Crippen LogP contribution in [-0.4, -0.2) is 37.1 Å². The minimum absolute atomic E-state index is 0.0119. The number of hydrogen-bond acceptors (Lipinski definition) is 4. The number of carboxylic acid groups (broad SMARTS) is 1. The van der Waals surface area contributed by atoms with E-state index in [1.807, 2.05) is 0 Å². The number of nitrogens with one attached hydrogen (secondary N) is 1. The van der Waals surface area contributed by atoms with E-state index in [0.29, 0.717) is 6.54 Å². The second kappa shape index (κ2) is 6.03. The molecule has 6 nitrogen and oxygen atoms in total. The van der Waals surface area contributed by atoms with Gasteiger partial charge in [-0.3, -0.25) is 4.79 Å². The van der Waals surface area contributed by atoms with Crippen LogP contribution in [0.25, 0.3) is 0 Å². The van der Waals surface area contributed by atoms with Gasteiger partial charge in [-0.2, -0.15) is 0 Å². The van der Waals surface area contributed by atoms with E-state index in [4.69, 9.17) is 10.8 Å². The Labute approximate surface area is 110 Å². The number of carbonyl (C=O) groups excluding carboxylic acids is 1. The first-order chi connectivity index (χ1) is 8.86. The van der Waals surface area contributed by atoms with Gasteiger partial charge in [0, 0.05) is 19.3 Å². The maximum Gasteiger partial charge on any atom is 0.337 e. The molecule has 0 unspecified atom stereocenters. The van der Waals surface area contributed by atoms with Crippen molar-refractivity contribution in [1.82, 2.24) is 5.32 Å². The number of carbonyl (C=O) groups is 2. The topological polar surface area (TPSA) is 95.7 Å². The van der Waals surface area contributed by atoms with E-state index in [-0.39, 0.29) is 29.4 Å². The number of nitrogens with zero attached hydrogens (tertiary/aromatic N) is 1. The molecule has 0 radical (unpaired) electrons. The number of hydrogen-bond donors (Lipinski definition) is 3. The van der Waals surface area contributed by atoms with Crippen LogP contribution in [0.1, 0.15) is 17.3 Å². The van der Waals surface area contributed by atoms with Crippen molar-refractivity contribution in [2.24, 2.45) is 0 Å². The fourth-order valence-corrected chi connectivity index (χ4v) is 1.61. The van der Waals surface area contributed by atoms with Gasteiger partial charge in [-0.1, -0.05) is 0 Å². The van der Waals surface area contributed by atoms with Gasteiger partial charge < -0.3 is 21.1 Å². The van der Waals surface area contributed by atoms with Crippen LogP contribution < -0.4 is 16.0 Å². The molecule has 0 aliphatic rings. The van der Waals surface area contributed by atoms with Crippen LogP contribution in [-0.2, 0) is 4.79 Å². The third kappa shape index (κ3) is 3.57. The Kier molecular flexibility index (Phi) is 4.68. The van der Waals surface area contributed by atoms with Crippen molar-refractivity contribution >= 4 is 23.3 Å². The summed E-state index contributed by atoms with van der Waals surface area (Å²) in [7, 11) is 1.50. The van der Waals surface area contributed by atoms with Gasteiger partial charge in [-0.25, -0.2) is 9.18 Å². The number of aromatic carboxylic acids is 1. The number of nitrogens with two attached hydrogens (primary N) is 1. The summed E-state index contributed by atoms with van der Waals surface area (Å²) in [5.41, 5.74) is 5.09. The summed E-state index contributed by atoms with van der Waals surface area (Å²) < 4.78 is 13.7. The molecule has 7 heteroatoms. The zero-order valence-electron chi connectivity index (χ0n) is 10.7. The van der Waals surface area contributed by atoms with Crippen LogP contribution in [0.15, 0.2) is 12.1 Å². The van der Waals surface area contributed by atoms with Crippen LogP contribution in [0, 0.1) is 5.82 Å². The van der Waals surface area contributed by atoms with Crippen LogP contribution >= 0.6 is 0 Å². The third-order valence-electron chi connectivity index (χ3n) is 2.52. The summed E-state index contributed by atoms with van der Waals surface area (Å²) in [6, 6.07) is 2.05. The van der Waals surface area contributed by atoms with Gasteiger partial charge in [0.15, 0.2) is 0 Å². The molecule has 1 rings (SSSR count). The van der Waals surface area contributed by atoms with Gasteiger partial charge in [-0.15, -0.1) is 0 Å². The van der Waals surface area contributed by atoms with Gasteiger partial charge in [0.25, 0.3) is 0 Å². The zero-order valence-corrected chi connectivity index (χ0v) is 10.7. The van der Waals surface area contributed by atoms with E-state index in [1.165, 1.54) is 11.9 Å². The standard InChI is InChI=1S/C12H16FN3O3/c1-3-15-11(17)6-16(2)10-4-7(12(18)19)9(14)5-8(10)13/h4-5H,3,6,14H2,1-2H3,(H,15,17)(H,18,19). The lowest BCUT2D eigenvalue weighted by Crippen LogP contribution is -2.35. The first-order valence-corrected chi connectivity index (χ1v) is 5.67. The summed E-state index contributed by atoms with van der Waals surface area (Å²) in [5.74, 6) is -2.20. The monoisotopic (exact) mass is 269 g/mol. The number of anilines is 2. The zero-order chi connectivity index (χ0) is 14.6. The van der Waals surface area contributed by atoms with E-state index in [0.717, 1.165) is 12.1 Å². The van der Waals surface area contributed by atoms with Crippen molar-refractivity contribution in [1.29, 1.82) is 0 Å². The second-order valence-corrected chi connectivity index (χ2v) is 4.01. The second-order valence-electron chi connectivity index (χ2n) is 4.01. The highest BCUT2D eigenvalue weighted by Crippen LogP contribution is 2.24. The summed E-state index contributed by atoms with van der Waals surface area (Å²) >= 11 is 0. The van der Waals surface area contributed by atoms with Gasteiger partial charge in [0.05, 0.1) is 17.8 Å². The number of rotatable bonds is 5. The third-order valence-corrected chi connectivity index (χ3v) is 2.52. The van der Waals surface area contributed by atoms with E-state index < -0.39 is 11.8 Å². The molecule has 104 valence electrons. The number of carboxylic acids is 1. The van der Waals surface area contributed by atoms with Crippen LogP contribution in [0.2, 0.25) is 0 Å². The Hall–Kier alpha value is -2.31. The van der Waals surface area contributed by atoms with Crippen LogP contribution in [0.5, 0.6) is 0 Å². The summed E-state index contributed by atoms with van der Waals surface area (Å²) in [4.78, 5) is 23.7. The highest BCUT2D eigenvalue weighted by Gasteiger charge is 2.17. The number of nitrogen functional groups attached to an aromatic ring is 1. The van der Waals surface area contributed by atoms with Crippen molar-refractivity contribution in [3.63, 3.8) is 0 Å². The van der Waals surface area contributed by atoms with E-state index >= 15 is 0 Å². The number of amides is 1. The smallest absolute Gasteiger partial charge is 0.337 e. The Morgan fingerprint density at radius 1 is 1.47 bits per heavy atom. The lowest BCUT2D eigenvalue weighted by molar-refractivity contribution is -0.119. The number of likely N-dealkylation sites (N-methyl/N-ethyl adjacent to an activating group) is 2.